The molecule has 1 heterocycles. The van der Waals surface area contributed by atoms with Gasteiger partial charge < -0.3 is 14.7 Å². The monoisotopic (exact) mass is 416 g/mol. The molecule has 0 aliphatic carbocycles. The average Bonchev–Trinajstić information content (AvgIpc) is 2.84. The van der Waals surface area contributed by atoms with Gasteiger partial charge in [-0.2, -0.15) is 0 Å². The van der Waals surface area contributed by atoms with Gasteiger partial charge in [-0.3, -0.25) is 4.90 Å². The second-order valence-corrected chi connectivity index (χ2v) is 8.13. The first-order valence-corrected chi connectivity index (χ1v) is 11.3. The zero-order chi connectivity index (χ0) is 21.5. The smallest absolute Gasteiger partial charge is 0.142 e. The fraction of sp³-hybridized carbons (Fsp3) is 0.333. The summed E-state index contributed by atoms with van der Waals surface area (Å²) in [6.45, 7) is 7.87. The van der Waals surface area contributed by atoms with Crippen molar-refractivity contribution in [2.45, 2.75) is 26.0 Å². The molecule has 1 N–H and O–H groups in total. The number of hydrogen-bond acceptors (Lipinski definition) is 4. The van der Waals surface area contributed by atoms with Crippen molar-refractivity contribution in [3.63, 3.8) is 0 Å². The number of anilines is 1. The van der Waals surface area contributed by atoms with Crippen LogP contribution in [0.4, 0.5) is 5.69 Å². The number of ether oxygens (including phenoxy) is 1. The first-order chi connectivity index (χ1) is 15.2. The van der Waals surface area contributed by atoms with E-state index >= 15 is 0 Å². The highest BCUT2D eigenvalue weighted by molar-refractivity contribution is 5.58. The number of hydrogen-bond donors (Lipinski definition) is 1. The summed E-state index contributed by atoms with van der Waals surface area (Å²) in [6, 6.07) is 26.6. The van der Waals surface area contributed by atoms with Crippen molar-refractivity contribution >= 4 is 5.69 Å². The number of rotatable bonds is 8. The van der Waals surface area contributed by atoms with Crippen LogP contribution in [-0.2, 0) is 6.54 Å². The summed E-state index contributed by atoms with van der Waals surface area (Å²) in [7, 11) is 0. The van der Waals surface area contributed by atoms with Crippen molar-refractivity contribution in [2.75, 3.05) is 37.7 Å². The van der Waals surface area contributed by atoms with Gasteiger partial charge in [0.05, 0.1) is 12.3 Å². The molecular weight excluding hydrogens is 384 g/mol. The van der Waals surface area contributed by atoms with Gasteiger partial charge in [-0.1, -0.05) is 73.7 Å². The van der Waals surface area contributed by atoms with Crippen LogP contribution in [0.1, 0.15) is 36.1 Å². The fourth-order valence-electron chi connectivity index (χ4n) is 4.09. The molecule has 3 aromatic rings. The van der Waals surface area contributed by atoms with Crippen LogP contribution in [-0.4, -0.2) is 42.8 Å². The molecule has 162 valence electrons. The van der Waals surface area contributed by atoms with Crippen LogP contribution < -0.4 is 9.64 Å². The van der Waals surface area contributed by atoms with E-state index in [9.17, 15) is 5.11 Å². The molecule has 0 saturated carbocycles. The Hall–Kier alpha value is -2.82. The number of nitrogens with zero attached hydrogens (tertiary/aromatic N) is 2. The molecule has 0 spiro atoms. The first kappa shape index (κ1) is 21.4. The summed E-state index contributed by atoms with van der Waals surface area (Å²) in [5.74, 6) is 0.991. The predicted molar refractivity (Wildman–Crippen MR) is 127 cm³/mol. The van der Waals surface area contributed by atoms with Gasteiger partial charge in [0.15, 0.2) is 0 Å². The summed E-state index contributed by atoms with van der Waals surface area (Å²) >= 11 is 0. The van der Waals surface area contributed by atoms with Gasteiger partial charge in [0, 0.05) is 32.7 Å². The normalized spacial score (nSPS) is 15.6. The highest BCUT2D eigenvalue weighted by Crippen LogP contribution is 2.29. The topological polar surface area (TPSA) is 35.9 Å². The van der Waals surface area contributed by atoms with E-state index in [2.05, 4.69) is 47.1 Å². The molecule has 1 aliphatic heterocycles. The molecule has 1 fully saturated rings. The molecule has 3 aromatic carbocycles. The molecule has 4 heteroatoms. The van der Waals surface area contributed by atoms with E-state index in [1.807, 2.05) is 48.5 Å². The maximum absolute atomic E-state index is 10.6. The highest BCUT2D eigenvalue weighted by Gasteiger charge is 2.20. The minimum absolute atomic E-state index is 0.575. The Morgan fingerprint density at radius 1 is 0.806 bits per heavy atom. The highest BCUT2D eigenvalue weighted by atomic mass is 16.5. The molecule has 1 aliphatic rings. The van der Waals surface area contributed by atoms with Gasteiger partial charge in [-0.05, 0) is 35.2 Å². The summed E-state index contributed by atoms with van der Waals surface area (Å²) in [4.78, 5) is 4.93. The summed E-state index contributed by atoms with van der Waals surface area (Å²) in [5.41, 5.74) is 4.34. The third-order valence-corrected chi connectivity index (χ3v) is 5.86. The van der Waals surface area contributed by atoms with Crippen LogP contribution >= 0.6 is 0 Å². The van der Waals surface area contributed by atoms with Gasteiger partial charge in [-0.25, -0.2) is 0 Å². The Bertz CT molecular complexity index is 935. The second kappa shape index (κ2) is 10.5. The van der Waals surface area contributed by atoms with Crippen LogP contribution in [0.2, 0.25) is 0 Å². The van der Waals surface area contributed by atoms with E-state index < -0.39 is 6.10 Å². The number of aliphatic hydroxyl groups excluding tert-OH is 1. The average molecular weight is 417 g/mol. The Balaban J connectivity index is 1.32. The van der Waals surface area contributed by atoms with E-state index in [4.69, 9.17) is 4.74 Å². The Kier molecular flexibility index (Phi) is 7.23. The van der Waals surface area contributed by atoms with E-state index in [0.29, 0.717) is 0 Å². The van der Waals surface area contributed by atoms with E-state index in [-0.39, 0.29) is 0 Å². The van der Waals surface area contributed by atoms with Crippen molar-refractivity contribution in [1.82, 2.24) is 4.90 Å². The maximum atomic E-state index is 10.6. The lowest BCUT2D eigenvalue weighted by atomic mass is 10.0. The Morgan fingerprint density at radius 2 is 1.45 bits per heavy atom. The molecule has 31 heavy (non-hydrogen) atoms. The van der Waals surface area contributed by atoms with E-state index in [0.717, 1.165) is 62.6 Å². The largest absolute Gasteiger partial charge is 0.491 e. The third kappa shape index (κ3) is 5.46. The molecule has 0 bridgehead atoms. The summed E-state index contributed by atoms with van der Waals surface area (Å²) in [5, 5.41) is 10.6. The molecule has 1 saturated heterocycles. The Morgan fingerprint density at radius 3 is 2.16 bits per heavy atom. The molecule has 0 radical (unpaired) electrons. The lowest BCUT2D eigenvalue weighted by molar-refractivity contribution is 0.220. The first-order valence-electron chi connectivity index (χ1n) is 11.3. The zero-order valence-corrected chi connectivity index (χ0v) is 18.3. The molecule has 4 nitrogen and oxygen atoms in total. The van der Waals surface area contributed by atoms with Crippen LogP contribution in [0, 0.1) is 0 Å². The quantitative estimate of drug-likeness (QED) is 0.568. The van der Waals surface area contributed by atoms with Crippen molar-refractivity contribution in [3.05, 3.63) is 95.6 Å². The minimum Gasteiger partial charge on any atom is -0.491 e. The number of para-hydroxylation sites is 2. The van der Waals surface area contributed by atoms with Gasteiger partial charge in [0.2, 0.25) is 0 Å². The maximum Gasteiger partial charge on any atom is 0.142 e. The summed E-state index contributed by atoms with van der Waals surface area (Å²) in [6.07, 6.45) is 0.442. The molecule has 0 aromatic heterocycles. The van der Waals surface area contributed by atoms with Gasteiger partial charge >= 0.3 is 0 Å². The van der Waals surface area contributed by atoms with Crippen molar-refractivity contribution in [2.24, 2.45) is 0 Å². The number of benzene rings is 3. The van der Waals surface area contributed by atoms with Crippen LogP contribution in [0.3, 0.4) is 0 Å². The molecule has 1 atom stereocenters. The van der Waals surface area contributed by atoms with Gasteiger partial charge in [0.25, 0.3) is 0 Å². The Labute approximate surface area is 185 Å². The molecule has 1 unspecified atom stereocenters. The molecule has 0 amide bonds. The SMILES string of the molecule is CCCOc1ccccc1N1CCN(Cc2ccc(C(O)c3ccccc3)cc2)CC1. The minimum atomic E-state index is -0.575. The van der Waals surface area contributed by atoms with Crippen molar-refractivity contribution in [1.29, 1.82) is 0 Å². The molecular formula is C27H32N2O2. The van der Waals surface area contributed by atoms with Gasteiger partial charge in [-0.15, -0.1) is 0 Å². The van der Waals surface area contributed by atoms with Crippen LogP contribution in [0.15, 0.2) is 78.9 Å². The van der Waals surface area contributed by atoms with Crippen LogP contribution in [0.5, 0.6) is 5.75 Å². The van der Waals surface area contributed by atoms with Crippen molar-refractivity contribution < 1.29 is 9.84 Å². The second-order valence-electron chi connectivity index (χ2n) is 8.13. The third-order valence-electron chi connectivity index (χ3n) is 5.86. The molecule has 4 rings (SSSR count). The van der Waals surface area contributed by atoms with Crippen molar-refractivity contribution in [3.8, 4) is 5.75 Å². The summed E-state index contributed by atoms with van der Waals surface area (Å²) < 4.78 is 5.95. The predicted octanol–water partition coefficient (Wildman–Crippen LogP) is 4.88. The van der Waals surface area contributed by atoms with E-state index in [1.165, 1.54) is 11.3 Å². The fourth-order valence-corrected chi connectivity index (χ4v) is 4.09. The lowest BCUT2D eigenvalue weighted by Gasteiger charge is -2.36. The zero-order valence-electron chi connectivity index (χ0n) is 18.3. The lowest BCUT2D eigenvalue weighted by Crippen LogP contribution is -2.46. The van der Waals surface area contributed by atoms with Crippen LogP contribution in [0.25, 0.3) is 0 Å². The van der Waals surface area contributed by atoms with Gasteiger partial charge in [0.1, 0.15) is 11.9 Å². The standard InChI is InChI=1S/C27H32N2O2/c1-2-20-31-26-11-7-6-10-25(26)29-18-16-28(17-19-29)21-22-12-14-24(15-13-22)27(30)23-8-4-3-5-9-23/h3-15,27,30H,2,16-21H2,1H3. The number of aliphatic hydroxyl groups is 1. The van der Waals surface area contributed by atoms with E-state index in [1.54, 1.807) is 0 Å². The number of piperazine rings is 1.